The van der Waals surface area contributed by atoms with Gasteiger partial charge in [-0.25, -0.2) is 4.57 Å². The number of hydrogen-bond donors (Lipinski definition) is 2. The van der Waals surface area contributed by atoms with Gasteiger partial charge in [-0.15, -0.1) is 0 Å². The Kier molecular flexibility index (Phi) is 54.2. The summed E-state index contributed by atoms with van der Waals surface area (Å²) in [7, 11) is -4.38. The summed E-state index contributed by atoms with van der Waals surface area (Å²) in [5, 5.41) is 0. The van der Waals surface area contributed by atoms with Gasteiger partial charge in [0.15, 0.2) is 6.10 Å². The second-order valence-corrected chi connectivity index (χ2v) is 20.6. The van der Waals surface area contributed by atoms with E-state index in [9.17, 15) is 19.0 Å². The Bertz CT molecular complexity index is 1440. The first-order chi connectivity index (χ1) is 34.8. The van der Waals surface area contributed by atoms with E-state index in [2.05, 4.69) is 98.9 Å². The van der Waals surface area contributed by atoms with Crippen molar-refractivity contribution in [2.75, 3.05) is 26.4 Å². The van der Waals surface area contributed by atoms with Crippen LogP contribution in [-0.4, -0.2) is 49.3 Å². The highest BCUT2D eigenvalue weighted by Gasteiger charge is 2.26. The van der Waals surface area contributed by atoms with Crippen molar-refractivity contribution in [2.24, 2.45) is 5.73 Å². The zero-order valence-corrected chi connectivity index (χ0v) is 46.6. The van der Waals surface area contributed by atoms with E-state index in [-0.39, 0.29) is 38.6 Å². The second kappa shape index (κ2) is 56.5. The standard InChI is InChI=1S/C61H108NO8P/c1-3-5-7-9-11-13-15-17-18-19-20-21-22-23-24-25-26-27-28-29-30-31-32-33-34-35-36-37-38-39-40-42-44-46-48-50-52-54-61(64)70-59(58-69-71(65,66)68-56-55-62)57-67-60(63)53-51-49-47-45-43-41-16-14-12-10-8-6-4-2/h5,7,11,13,17-18,20-21,23-24,26-27,29-30,59H,3-4,6,8-10,12,14-16,19,22,25,28,31-58,62H2,1-2H3,(H,65,66)/b7-5-,13-11-,18-17-,21-20-,24-23-,27-26-,30-29-. The van der Waals surface area contributed by atoms with Gasteiger partial charge in [0.1, 0.15) is 6.61 Å². The summed E-state index contributed by atoms with van der Waals surface area (Å²) in [6.07, 6.45) is 73.6. The lowest BCUT2D eigenvalue weighted by atomic mass is 10.0. The molecule has 0 fully saturated rings. The molecule has 2 atom stereocenters. The minimum Gasteiger partial charge on any atom is -0.462 e. The monoisotopic (exact) mass is 1010 g/mol. The Hall–Kier alpha value is -2.81. The Labute approximate surface area is 436 Å². The molecule has 0 amide bonds. The van der Waals surface area contributed by atoms with Crippen LogP contribution >= 0.6 is 7.82 Å². The molecule has 410 valence electrons. The molecule has 10 heteroatoms. The van der Waals surface area contributed by atoms with Gasteiger partial charge in [0.25, 0.3) is 0 Å². The highest BCUT2D eigenvalue weighted by molar-refractivity contribution is 7.47. The molecule has 0 radical (unpaired) electrons. The zero-order valence-electron chi connectivity index (χ0n) is 45.7. The molecule has 0 aliphatic carbocycles. The van der Waals surface area contributed by atoms with Gasteiger partial charge in [0, 0.05) is 19.4 Å². The van der Waals surface area contributed by atoms with Crippen LogP contribution in [0.3, 0.4) is 0 Å². The average Bonchev–Trinajstić information content (AvgIpc) is 3.36. The van der Waals surface area contributed by atoms with E-state index >= 15 is 0 Å². The van der Waals surface area contributed by atoms with Crippen molar-refractivity contribution in [3.05, 3.63) is 85.1 Å². The van der Waals surface area contributed by atoms with E-state index in [4.69, 9.17) is 24.3 Å². The van der Waals surface area contributed by atoms with Crippen LogP contribution in [-0.2, 0) is 32.7 Å². The van der Waals surface area contributed by atoms with Crippen molar-refractivity contribution in [3.8, 4) is 0 Å². The maximum absolute atomic E-state index is 12.7. The Balaban J connectivity index is 3.87. The van der Waals surface area contributed by atoms with Crippen molar-refractivity contribution < 1.29 is 37.6 Å². The topological polar surface area (TPSA) is 134 Å². The van der Waals surface area contributed by atoms with Gasteiger partial charge in [0.2, 0.25) is 0 Å². The fourth-order valence-corrected chi connectivity index (χ4v) is 8.79. The van der Waals surface area contributed by atoms with Crippen LogP contribution in [0.1, 0.15) is 258 Å². The maximum Gasteiger partial charge on any atom is 0.472 e. The molecule has 71 heavy (non-hydrogen) atoms. The lowest BCUT2D eigenvalue weighted by Crippen LogP contribution is -2.29. The lowest BCUT2D eigenvalue weighted by Gasteiger charge is -2.19. The number of nitrogens with two attached hydrogens (primary N) is 1. The van der Waals surface area contributed by atoms with Crippen LogP contribution in [0.25, 0.3) is 0 Å². The summed E-state index contributed by atoms with van der Waals surface area (Å²) in [6, 6.07) is 0. The van der Waals surface area contributed by atoms with E-state index in [0.717, 1.165) is 83.5 Å². The molecular formula is C61H108NO8P. The molecule has 0 aromatic carbocycles. The van der Waals surface area contributed by atoms with Crippen molar-refractivity contribution in [3.63, 3.8) is 0 Å². The lowest BCUT2D eigenvalue weighted by molar-refractivity contribution is -0.161. The molecule has 3 N–H and O–H groups in total. The third-order valence-electron chi connectivity index (χ3n) is 12.3. The predicted octanol–water partition coefficient (Wildman–Crippen LogP) is 18.3. The molecule has 0 saturated heterocycles. The first kappa shape index (κ1) is 68.2. The normalized spacial score (nSPS) is 13.7. The number of phosphoric ester groups is 1. The molecule has 0 heterocycles. The van der Waals surface area contributed by atoms with Crippen molar-refractivity contribution in [1.29, 1.82) is 0 Å². The van der Waals surface area contributed by atoms with E-state index in [1.807, 2.05) is 0 Å². The number of ether oxygens (including phenoxy) is 2. The largest absolute Gasteiger partial charge is 0.472 e. The van der Waals surface area contributed by atoms with Crippen molar-refractivity contribution in [1.82, 2.24) is 0 Å². The van der Waals surface area contributed by atoms with E-state index in [1.165, 1.54) is 141 Å². The number of phosphoric acid groups is 1. The Morgan fingerprint density at radius 2 is 0.775 bits per heavy atom. The summed E-state index contributed by atoms with van der Waals surface area (Å²) in [5.74, 6) is -0.822. The summed E-state index contributed by atoms with van der Waals surface area (Å²) in [4.78, 5) is 35.1. The van der Waals surface area contributed by atoms with Crippen LogP contribution in [0.5, 0.6) is 0 Å². The summed E-state index contributed by atoms with van der Waals surface area (Å²) in [6.45, 7) is 3.64. The van der Waals surface area contributed by atoms with E-state index in [0.29, 0.717) is 6.42 Å². The SMILES string of the molecule is CC/C=C\C/C=C\C/C=C\C/C=C\C/C=C\C/C=C\C/C=C\CCCCCCCCCCCCCCCCCC(=O)OC(COC(=O)CCCCCCCCCCCCCCC)COP(=O)(O)OCCN. The Morgan fingerprint density at radius 1 is 0.437 bits per heavy atom. The first-order valence-corrected chi connectivity index (χ1v) is 30.6. The number of esters is 2. The van der Waals surface area contributed by atoms with Gasteiger partial charge in [-0.2, -0.15) is 0 Å². The zero-order chi connectivity index (χ0) is 51.7. The first-order valence-electron chi connectivity index (χ1n) is 29.1. The molecule has 2 unspecified atom stereocenters. The van der Waals surface area contributed by atoms with Gasteiger partial charge < -0.3 is 20.1 Å². The molecular weight excluding hydrogens is 906 g/mol. The second-order valence-electron chi connectivity index (χ2n) is 19.1. The minimum absolute atomic E-state index is 0.0527. The number of rotatable bonds is 54. The predicted molar refractivity (Wildman–Crippen MR) is 302 cm³/mol. The molecule has 0 aliphatic rings. The summed E-state index contributed by atoms with van der Waals surface area (Å²) in [5.41, 5.74) is 5.37. The number of allylic oxidation sites excluding steroid dienone is 14. The molecule has 0 saturated carbocycles. The Morgan fingerprint density at radius 3 is 1.15 bits per heavy atom. The fourth-order valence-electron chi connectivity index (χ4n) is 8.03. The smallest absolute Gasteiger partial charge is 0.462 e. The van der Waals surface area contributed by atoms with Gasteiger partial charge in [0.05, 0.1) is 13.2 Å². The molecule has 0 spiro atoms. The number of carbonyl (C=O) groups is 2. The molecule has 0 aliphatic heterocycles. The van der Waals surface area contributed by atoms with Crippen molar-refractivity contribution in [2.45, 2.75) is 264 Å². The van der Waals surface area contributed by atoms with Gasteiger partial charge in [-0.05, 0) is 70.6 Å². The summed E-state index contributed by atoms with van der Waals surface area (Å²) >= 11 is 0. The van der Waals surface area contributed by atoms with Gasteiger partial charge >= 0.3 is 19.8 Å². The highest BCUT2D eigenvalue weighted by atomic mass is 31.2. The van der Waals surface area contributed by atoms with Crippen LogP contribution in [0.2, 0.25) is 0 Å². The maximum atomic E-state index is 12.7. The average molecular weight is 1010 g/mol. The quantitative estimate of drug-likeness (QED) is 0.0264. The number of carbonyl (C=O) groups excluding carboxylic acids is 2. The van der Waals surface area contributed by atoms with E-state index < -0.39 is 26.5 Å². The van der Waals surface area contributed by atoms with Gasteiger partial charge in [-0.3, -0.25) is 18.6 Å². The molecule has 0 bridgehead atoms. The molecule has 0 aromatic rings. The number of hydrogen-bond acceptors (Lipinski definition) is 8. The van der Waals surface area contributed by atoms with Crippen molar-refractivity contribution >= 4 is 19.8 Å². The van der Waals surface area contributed by atoms with Crippen LogP contribution < -0.4 is 5.73 Å². The highest BCUT2D eigenvalue weighted by Crippen LogP contribution is 2.43. The minimum atomic E-state index is -4.38. The van der Waals surface area contributed by atoms with Crippen LogP contribution in [0, 0.1) is 0 Å². The van der Waals surface area contributed by atoms with Crippen LogP contribution in [0.15, 0.2) is 85.1 Å². The van der Waals surface area contributed by atoms with E-state index in [1.54, 1.807) is 0 Å². The summed E-state index contributed by atoms with van der Waals surface area (Å²) < 4.78 is 33.0. The molecule has 9 nitrogen and oxygen atoms in total. The third-order valence-corrected chi connectivity index (χ3v) is 13.3. The van der Waals surface area contributed by atoms with Crippen LogP contribution in [0.4, 0.5) is 0 Å². The molecule has 0 aromatic heterocycles. The fraction of sp³-hybridized carbons (Fsp3) is 0.738. The number of unbranched alkanes of at least 4 members (excludes halogenated alkanes) is 27. The third kappa shape index (κ3) is 56.3. The molecule has 0 rings (SSSR count). The van der Waals surface area contributed by atoms with Gasteiger partial charge in [-0.1, -0.05) is 259 Å².